The van der Waals surface area contributed by atoms with Crippen LogP contribution in [0.2, 0.25) is 0 Å². The van der Waals surface area contributed by atoms with E-state index in [-0.39, 0.29) is 0 Å². The second-order valence-corrected chi connectivity index (χ2v) is 5.18. The maximum Gasteiger partial charge on any atom is 0.123 e. The summed E-state index contributed by atoms with van der Waals surface area (Å²) in [4.78, 5) is 0. The first-order chi connectivity index (χ1) is 10.2. The predicted octanol–water partition coefficient (Wildman–Crippen LogP) is 2.66. The van der Waals surface area contributed by atoms with Gasteiger partial charge in [0.2, 0.25) is 0 Å². The van der Waals surface area contributed by atoms with Crippen molar-refractivity contribution in [1.82, 2.24) is 0 Å². The van der Waals surface area contributed by atoms with Crippen LogP contribution in [0.5, 0.6) is 5.75 Å². The largest absolute Gasteiger partial charge is 0.494 e. The molecule has 21 heavy (non-hydrogen) atoms. The minimum Gasteiger partial charge on any atom is -0.494 e. The van der Waals surface area contributed by atoms with E-state index in [1.54, 1.807) is 0 Å². The highest BCUT2D eigenvalue weighted by Crippen LogP contribution is 2.19. The minimum atomic E-state index is 0.373. The highest BCUT2D eigenvalue weighted by atomic mass is 16.5. The first kappa shape index (κ1) is 15.5. The number of hydrogen-bond donors (Lipinski definition) is 2. The van der Waals surface area contributed by atoms with Crippen LogP contribution in [-0.4, -0.2) is 12.6 Å². The van der Waals surface area contributed by atoms with Gasteiger partial charge in [-0.15, -0.1) is 0 Å². The van der Waals surface area contributed by atoms with E-state index < -0.39 is 0 Å². The Bertz CT molecular complexity index is 544. The van der Waals surface area contributed by atoms with E-state index in [2.05, 4.69) is 24.3 Å². The molecule has 0 bridgehead atoms. The van der Waals surface area contributed by atoms with Gasteiger partial charge in [-0.2, -0.15) is 0 Å². The van der Waals surface area contributed by atoms with Crippen LogP contribution in [0.4, 0.5) is 0 Å². The summed E-state index contributed by atoms with van der Waals surface area (Å²) in [7, 11) is 0. The summed E-state index contributed by atoms with van der Waals surface area (Å²) in [6.07, 6.45) is 2.13. The number of fused-ring (bicyclic) bond motifs is 1. The molecule has 0 spiro atoms. The van der Waals surface area contributed by atoms with Gasteiger partial charge in [0, 0.05) is 18.2 Å². The van der Waals surface area contributed by atoms with E-state index in [4.69, 9.17) is 16.2 Å². The number of hydrogen-bond acceptors (Lipinski definition) is 3. The monoisotopic (exact) mass is 284 g/mol. The minimum absolute atomic E-state index is 0.373. The van der Waals surface area contributed by atoms with Gasteiger partial charge >= 0.3 is 0 Å². The maximum atomic E-state index is 5.78. The molecular formula is C18H24N2O. The number of rotatable bonds is 3. The highest BCUT2D eigenvalue weighted by molar-refractivity contribution is 5.33. The molecule has 3 heteroatoms. The second-order valence-electron chi connectivity index (χ2n) is 5.18. The van der Waals surface area contributed by atoms with Crippen molar-refractivity contribution >= 4 is 0 Å². The molecule has 0 atom stereocenters. The Kier molecular flexibility index (Phi) is 5.78. The van der Waals surface area contributed by atoms with E-state index in [0.717, 1.165) is 24.2 Å². The summed E-state index contributed by atoms with van der Waals surface area (Å²) >= 11 is 0. The number of benzene rings is 2. The number of nitrogens with two attached hydrogens (primary N) is 2. The normalized spacial score (nSPS) is 13.3. The summed E-state index contributed by atoms with van der Waals surface area (Å²) in [5.74, 6) is 0.900. The van der Waals surface area contributed by atoms with Gasteiger partial charge in [0.25, 0.3) is 0 Å². The molecule has 0 unspecified atom stereocenters. The molecule has 3 nitrogen and oxygen atoms in total. The molecule has 0 heterocycles. The van der Waals surface area contributed by atoms with Gasteiger partial charge in [0.1, 0.15) is 5.75 Å². The molecule has 112 valence electrons. The molecule has 4 N–H and O–H groups in total. The van der Waals surface area contributed by atoms with E-state index in [1.165, 1.54) is 11.1 Å². The van der Waals surface area contributed by atoms with Gasteiger partial charge < -0.3 is 16.2 Å². The molecule has 0 saturated carbocycles. The molecule has 1 aliphatic rings. The average Bonchev–Trinajstić information content (AvgIpc) is 2.89. The Balaban J connectivity index is 0.000000154. The van der Waals surface area contributed by atoms with Crippen molar-refractivity contribution in [2.24, 2.45) is 11.5 Å². The first-order valence-corrected chi connectivity index (χ1v) is 7.47. The zero-order valence-electron chi connectivity index (χ0n) is 12.6. The van der Waals surface area contributed by atoms with Gasteiger partial charge in [0.15, 0.2) is 0 Å². The number of para-hydroxylation sites is 1. The summed E-state index contributed by atoms with van der Waals surface area (Å²) in [6.45, 7) is 3.19. The molecule has 0 amide bonds. The summed E-state index contributed by atoms with van der Waals surface area (Å²) in [5.41, 5.74) is 15.2. The van der Waals surface area contributed by atoms with Crippen LogP contribution in [0.1, 0.15) is 23.6 Å². The predicted molar refractivity (Wildman–Crippen MR) is 87.3 cm³/mol. The van der Waals surface area contributed by atoms with Gasteiger partial charge in [-0.05, 0) is 37.0 Å². The van der Waals surface area contributed by atoms with Crippen LogP contribution >= 0.6 is 0 Å². The van der Waals surface area contributed by atoms with Crippen LogP contribution in [0.25, 0.3) is 0 Å². The van der Waals surface area contributed by atoms with E-state index in [1.807, 2.05) is 31.2 Å². The molecule has 0 aliphatic heterocycles. The lowest BCUT2D eigenvalue weighted by Gasteiger charge is -2.06. The maximum absolute atomic E-state index is 5.78. The van der Waals surface area contributed by atoms with Crippen molar-refractivity contribution in [3.05, 3.63) is 65.2 Å². The standard InChI is InChI=1S/C9H13NO.C9H11N/c1-2-11-9-6-4-3-5-8(9)7-10;10-9-5-7-3-1-2-4-8(7)6-9/h3-6H,2,7,10H2,1H3;1-4,9H,5-6,10H2. The Morgan fingerprint density at radius 2 is 1.57 bits per heavy atom. The zero-order chi connectivity index (χ0) is 15.1. The topological polar surface area (TPSA) is 61.3 Å². The highest BCUT2D eigenvalue weighted by Gasteiger charge is 2.16. The third-order valence-corrected chi connectivity index (χ3v) is 3.57. The fraction of sp³-hybridized carbons (Fsp3) is 0.333. The lowest BCUT2D eigenvalue weighted by molar-refractivity contribution is 0.336. The smallest absolute Gasteiger partial charge is 0.123 e. The van der Waals surface area contributed by atoms with Crippen LogP contribution in [-0.2, 0) is 19.4 Å². The van der Waals surface area contributed by atoms with Crippen LogP contribution in [0, 0.1) is 0 Å². The van der Waals surface area contributed by atoms with Crippen molar-refractivity contribution in [3.63, 3.8) is 0 Å². The summed E-state index contributed by atoms with van der Waals surface area (Å²) < 4.78 is 5.35. The van der Waals surface area contributed by atoms with Crippen molar-refractivity contribution in [2.75, 3.05) is 6.61 Å². The van der Waals surface area contributed by atoms with Crippen LogP contribution < -0.4 is 16.2 Å². The van der Waals surface area contributed by atoms with Gasteiger partial charge in [-0.1, -0.05) is 42.5 Å². The fourth-order valence-corrected chi connectivity index (χ4v) is 2.56. The third-order valence-electron chi connectivity index (χ3n) is 3.57. The molecule has 3 rings (SSSR count). The summed E-state index contributed by atoms with van der Waals surface area (Å²) in [6, 6.07) is 16.7. The van der Waals surface area contributed by atoms with Crippen LogP contribution in [0.15, 0.2) is 48.5 Å². The van der Waals surface area contributed by atoms with Crippen molar-refractivity contribution < 1.29 is 4.74 Å². The van der Waals surface area contributed by atoms with Gasteiger partial charge in [-0.25, -0.2) is 0 Å². The quantitative estimate of drug-likeness (QED) is 0.911. The van der Waals surface area contributed by atoms with E-state index in [0.29, 0.717) is 19.2 Å². The molecule has 0 saturated heterocycles. The molecule has 2 aromatic carbocycles. The molecule has 0 radical (unpaired) electrons. The zero-order valence-corrected chi connectivity index (χ0v) is 12.6. The average molecular weight is 284 g/mol. The Labute approximate surface area is 126 Å². The fourth-order valence-electron chi connectivity index (χ4n) is 2.56. The van der Waals surface area contributed by atoms with Gasteiger partial charge in [-0.3, -0.25) is 0 Å². The number of ether oxygens (including phenoxy) is 1. The van der Waals surface area contributed by atoms with E-state index >= 15 is 0 Å². The second kappa shape index (κ2) is 7.81. The van der Waals surface area contributed by atoms with Crippen molar-refractivity contribution in [2.45, 2.75) is 32.4 Å². The molecule has 0 fully saturated rings. The summed E-state index contributed by atoms with van der Waals surface area (Å²) in [5, 5.41) is 0. The molecular weight excluding hydrogens is 260 g/mol. The van der Waals surface area contributed by atoms with Crippen molar-refractivity contribution in [3.8, 4) is 5.75 Å². The van der Waals surface area contributed by atoms with Gasteiger partial charge in [0.05, 0.1) is 6.61 Å². The molecule has 1 aliphatic carbocycles. The molecule has 2 aromatic rings. The SMILES string of the molecule is CCOc1ccccc1CN.NC1Cc2ccccc2C1. The lowest BCUT2D eigenvalue weighted by Crippen LogP contribution is -2.18. The molecule has 0 aromatic heterocycles. The van der Waals surface area contributed by atoms with Crippen molar-refractivity contribution in [1.29, 1.82) is 0 Å². The Hall–Kier alpha value is -1.84. The van der Waals surface area contributed by atoms with E-state index in [9.17, 15) is 0 Å². The first-order valence-electron chi connectivity index (χ1n) is 7.47. The van der Waals surface area contributed by atoms with Crippen LogP contribution in [0.3, 0.4) is 0 Å². The Morgan fingerprint density at radius 3 is 2.14 bits per heavy atom. The third kappa shape index (κ3) is 4.31. The Morgan fingerprint density at radius 1 is 1.00 bits per heavy atom. The lowest BCUT2D eigenvalue weighted by atomic mass is 10.1.